The highest BCUT2D eigenvalue weighted by molar-refractivity contribution is 7.98. The number of carbonyl (C=O) groups is 2. The third-order valence-electron chi connectivity index (χ3n) is 4.66. The number of thioether (sulfide) groups is 1. The van der Waals surface area contributed by atoms with E-state index in [1.165, 1.54) is 23.9 Å². The molecule has 1 unspecified atom stereocenters. The Morgan fingerprint density at radius 1 is 1.21 bits per heavy atom. The Kier molecular flexibility index (Phi) is 6.84. The first-order chi connectivity index (χ1) is 13.4. The summed E-state index contributed by atoms with van der Waals surface area (Å²) in [6, 6.07) is 3.52. The zero-order valence-corrected chi connectivity index (χ0v) is 17.3. The van der Waals surface area contributed by atoms with Gasteiger partial charge in [-0.25, -0.2) is 8.42 Å². The summed E-state index contributed by atoms with van der Waals surface area (Å²) in [6.45, 7) is 1.44. The number of hydrogen-bond acceptors (Lipinski definition) is 7. The molecule has 10 heteroatoms. The Hall–Kier alpha value is -1.78. The number of ketones is 1. The van der Waals surface area contributed by atoms with Crippen LogP contribution in [0, 0.1) is 0 Å². The molecule has 2 aliphatic heterocycles. The van der Waals surface area contributed by atoms with Gasteiger partial charge in [-0.2, -0.15) is 16.5 Å². The number of likely N-dealkylation sites (tertiary alicyclic amines) is 1. The molecule has 1 atom stereocenters. The van der Waals surface area contributed by atoms with E-state index < -0.39 is 16.1 Å². The number of benzene rings is 1. The van der Waals surface area contributed by atoms with Crippen LogP contribution in [0.25, 0.3) is 0 Å². The molecule has 0 spiro atoms. The molecular weight excluding hydrogens is 404 g/mol. The molecule has 0 aromatic heterocycles. The molecule has 0 saturated carbocycles. The summed E-state index contributed by atoms with van der Waals surface area (Å²) in [4.78, 5) is 25.9. The average molecular weight is 429 g/mol. The highest BCUT2D eigenvalue weighted by atomic mass is 32.2. The molecular formula is C18H24N2O6S2. The highest BCUT2D eigenvalue weighted by Crippen LogP contribution is 2.32. The number of nitrogens with zero attached hydrogens (tertiary/aromatic N) is 1. The number of ether oxygens (including phenoxy) is 2. The molecule has 1 fully saturated rings. The molecule has 1 aromatic rings. The van der Waals surface area contributed by atoms with Crippen LogP contribution in [0.15, 0.2) is 23.1 Å². The van der Waals surface area contributed by atoms with E-state index in [9.17, 15) is 18.0 Å². The average Bonchev–Trinajstić information content (AvgIpc) is 2.70. The molecule has 2 heterocycles. The Labute approximate surface area is 169 Å². The van der Waals surface area contributed by atoms with E-state index >= 15 is 0 Å². The van der Waals surface area contributed by atoms with E-state index in [-0.39, 0.29) is 16.6 Å². The maximum absolute atomic E-state index is 12.9. The Morgan fingerprint density at radius 2 is 1.89 bits per heavy atom. The summed E-state index contributed by atoms with van der Waals surface area (Å²) in [6.07, 6.45) is 2.90. The lowest BCUT2D eigenvalue weighted by Gasteiger charge is -2.30. The van der Waals surface area contributed by atoms with E-state index in [1.807, 2.05) is 6.26 Å². The molecule has 3 rings (SSSR count). The lowest BCUT2D eigenvalue weighted by atomic mass is 10.1. The minimum Gasteiger partial charge on any atom is -0.486 e. The van der Waals surface area contributed by atoms with Gasteiger partial charge in [0, 0.05) is 32.0 Å². The second kappa shape index (κ2) is 9.15. The quantitative estimate of drug-likeness (QED) is 0.692. The van der Waals surface area contributed by atoms with Gasteiger partial charge in [-0.3, -0.25) is 9.59 Å². The van der Waals surface area contributed by atoms with Gasteiger partial charge in [-0.15, -0.1) is 0 Å². The van der Waals surface area contributed by atoms with Crippen molar-refractivity contribution in [2.45, 2.75) is 30.2 Å². The minimum atomic E-state index is -3.93. The number of nitrogens with one attached hydrogen (secondary N) is 1. The number of sulfonamides is 1. The highest BCUT2D eigenvalue weighted by Gasteiger charge is 2.31. The van der Waals surface area contributed by atoms with Crippen molar-refractivity contribution in [3.05, 3.63) is 18.2 Å². The summed E-state index contributed by atoms with van der Waals surface area (Å²) in [7, 11) is -3.93. The van der Waals surface area contributed by atoms with Gasteiger partial charge in [0.2, 0.25) is 15.9 Å². The number of amides is 1. The minimum absolute atomic E-state index is 0.0209. The maximum Gasteiger partial charge on any atom is 0.241 e. The molecule has 8 nitrogen and oxygen atoms in total. The van der Waals surface area contributed by atoms with E-state index in [0.717, 1.165) is 0 Å². The van der Waals surface area contributed by atoms with Gasteiger partial charge in [0.25, 0.3) is 0 Å². The van der Waals surface area contributed by atoms with E-state index in [1.54, 1.807) is 11.0 Å². The third kappa shape index (κ3) is 4.98. The van der Waals surface area contributed by atoms with E-state index in [2.05, 4.69) is 4.72 Å². The van der Waals surface area contributed by atoms with Crippen LogP contribution in [-0.4, -0.2) is 69.4 Å². The SMILES string of the molecule is CSCCC(NS(=O)(=O)c1ccc2c(c1)OCCO2)C(=O)N1CCC(=O)CC1. The van der Waals surface area contributed by atoms with Gasteiger partial charge in [0.1, 0.15) is 25.0 Å². The summed E-state index contributed by atoms with van der Waals surface area (Å²) >= 11 is 1.54. The smallest absolute Gasteiger partial charge is 0.241 e. The van der Waals surface area contributed by atoms with E-state index in [4.69, 9.17) is 9.47 Å². The van der Waals surface area contributed by atoms with Gasteiger partial charge in [-0.05, 0) is 30.6 Å². The number of piperidine rings is 1. The summed E-state index contributed by atoms with van der Waals surface area (Å²) in [5.41, 5.74) is 0. The zero-order chi connectivity index (χ0) is 20.1. The lowest BCUT2D eigenvalue weighted by Crippen LogP contribution is -2.51. The van der Waals surface area contributed by atoms with Crippen molar-refractivity contribution in [3.8, 4) is 11.5 Å². The third-order valence-corrected chi connectivity index (χ3v) is 6.78. The van der Waals surface area contributed by atoms with Crippen LogP contribution < -0.4 is 14.2 Å². The number of carbonyl (C=O) groups excluding carboxylic acids is 2. The van der Waals surface area contributed by atoms with Crippen LogP contribution in [0.2, 0.25) is 0 Å². The predicted molar refractivity (Wildman–Crippen MR) is 105 cm³/mol. The van der Waals surface area contributed by atoms with Crippen molar-refractivity contribution in [3.63, 3.8) is 0 Å². The molecule has 28 heavy (non-hydrogen) atoms. The van der Waals surface area contributed by atoms with Crippen molar-refractivity contribution in [2.75, 3.05) is 38.3 Å². The largest absolute Gasteiger partial charge is 0.486 e. The molecule has 154 valence electrons. The maximum atomic E-state index is 12.9. The monoisotopic (exact) mass is 428 g/mol. The van der Waals surface area contributed by atoms with Crippen molar-refractivity contribution >= 4 is 33.5 Å². The molecule has 1 aromatic carbocycles. The number of hydrogen-bond donors (Lipinski definition) is 1. The van der Waals surface area contributed by atoms with Gasteiger partial charge in [0.05, 0.1) is 4.90 Å². The molecule has 2 aliphatic rings. The normalized spacial score (nSPS) is 18.0. The molecule has 0 radical (unpaired) electrons. The first kappa shape index (κ1) is 20.9. The second-order valence-electron chi connectivity index (χ2n) is 6.62. The molecule has 0 aliphatic carbocycles. The van der Waals surface area contributed by atoms with Crippen LogP contribution in [0.3, 0.4) is 0 Å². The molecule has 1 saturated heterocycles. The molecule has 1 N–H and O–H groups in total. The number of rotatable bonds is 7. The topological polar surface area (TPSA) is 102 Å². The van der Waals surface area contributed by atoms with Gasteiger partial charge < -0.3 is 14.4 Å². The fraction of sp³-hybridized carbons (Fsp3) is 0.556. The van der Waals surface area contributed by atoms with Gasteiger partial charge >= 0.3 is 0 Å². The first-order valence-electron chi connectivity index (χ1n) is 9.12. The molecule has 1 amide bonds. The van der Waals surface area contributed by atoms with Crippen molar-refractivity contribution < 1.29 is 27.5 Å². The van der Waals surface area contributed by atoms with Crippen molar-refractivity contribution in [1.29, 1.82) is 0 Å². The standard InChI is InChI=1S/C18H24N2O6S2/c1-27-11-6-15(18(22)20-7-4-13(21)5-8-20)19-28(23,24)14-2-3-16-17(12-14)26-10-9-25-16/h2-3,12,15,19H,4-11H2,1H3. The summed E-state index contributed by atoms with van der Waals surface area (Å²) < 4.78 is 39.2. The number of Topliss-reactive ketones (excluding diaryl/α,β-unsaturated/α-hetero) is 1. The summed E-state index contributed by atoms with van der Waals surface area (Å²) in [5, 5.41) is 0. The van der Waals surface area contributed by atoms with Crippen LogP contribution in [0.5, 0.6) is 11.5 Å². The number of fused-ring (bicyclic) bond motifs is 1. The van der Waals surface area contributed by atoms with Crippen molar-refractivity contribution in [2.24, 2.45) is 0 Å². The van der Waals surface area contributed by atoms with Crippen LogP contribution in [0.1, 0.15) is 19.3 Å². The Morgan fingerprint density at radius 3 is 2.57 bits per heavy atom. The van der Waals surface area contributed by atoms with Crippen LogP contribution in [-0.2, 0) is 19.6 Å². The fourth-order valence-corrected chi connectivity index (χ4v) is 4.82. The van der Waals surface area contributed by atoms with Crippen LogP contribution >= 0.6 is 11.8 Å². The Bertz CT molecular complexity index is 832. The van der Waals surface area contributed by atoms with Gasteiger partial charge in [0.15, 0.2) is 11.5 Å². The lowest BCUT2D eigenvalue weighted by molar-refractivity contribution is -0.136. The van der Waals surface area contributed by atoms with E-state index in [0.29, 0.717) is 62.8 Å². The fourth-order valence-electron chi connectivity index (χ4n) is 3.11. The van der Waals surface area contributed by atoms with Crippen LogP contribution in [0.4, 0.5) is 0 Å². The first-order valence-corrected chi connectivity index (χ1v) is 12.0. The molecule has 0 bridgehead atoms. The Balaban J connectivity index is 1.77. The van der Waals surface area contributed by atoms with Crippen molar-refractivity contribution in [1.82, 2.24) is 9.62 Å². The predicted octanol–water partition coefficient (Wildman–Crippen LogP) is 1.05. The second-order valence-corrected chi connectivity index (χ2v) is 9.32. The summed E-state index contributed by atoms with van der Waals surface area (Å²) in [5.74, 6) is 1.34. The zero-order valence-electron chi connectivity index (χ0n) is 15.7. The van der Waals surface area contributed by atoms with Gasteiger partial charge in [-0.1, -0.05) is 0 Å².